The number of hydrogen-bond donors (Lipinski definition) is 0. The van der Waals surface area contributed by atoms with Gasteiger partial charge in [-0.3, -0.25) is 0 Å². The lowest BCUT2D eigenvalue weighted by Gasteiger charge is -2.12. The van der Waals surface area contributed by atoms with E-state index in [1.54, 1.807) is 6.07 Å². The number of ether oxygens (including phenoxy) is 3. The number of halogens is 1. The SMILES string of the molecule is COC(=O)COc1ccc(OCC=C(c2ccccc2)c2ccc(I)cc2)cc1C. The van der Waals surface area contributed by atoms with Crippen molar-refractivity contribution in [3.63, 3.8) is 0 Å². The van der Waals surface area contributed by atoms with Gasteiger partial charge in [0.2, 0.25) is 0 Å². The molecule has 0 aliphatic rings. The fourth-order valence-corrected chi connectivity index (χ4v) is 3.30. The summed E-state index contributed by atoms with van der Waals surface area (Å²) in [4.78, 5) is 11.2. The first kappa shape index (κ1) is 21.9. The number of esters is 1. The quantitative estimate of drug-likeness (QED) is 0.288. The minimum absolute atomic E-state index is 0.114. The van der Waals surface area contributed by atoms with Crippen molar-refractivity contribution in [3.05, 3.63) is 99.1 Å². The minimum atomic E-state index is -0.413. The highest BCUT2D eigenvalue weighted by Crippen LogP contribution is 2.26. The van der Waals surface area contributed by atoms with Crippen LogP contribution in [0.5, 0.6) is 11.5 Å². The van der Waals surface area contributed by atoms with E-state index in [4.69, 9.17) is 9.47 Å². The van der Waals surface area contributed by atoms with Gasteiger partial charge in [-0.05, 0) is 88.2 Å². The van der Waals surface area contributed by atoms with Gasteiger partial charge in [-0.1, -0.05) is 42.5 Å². The van der Waals surface area contributed by atoms with E-state index in [-0.39, 0.29) is 6.61 Å². The summed E-state index contributed by atoms with van der Waals surface area (Å²) in [6.07, 6.45) is 2.09. The van der Waals surface area contributed by atoms with Crippen LogP contribution in [0, 0.1) is 10.5 Å². The molecule has 30 heavy (non-hydrogen) atoms. The molecule has 0 aromatic heterocycles. The largest absolute Gasteiger partial charge is 0.489 e. The Labute approximate surface area is 190 Å². The maximum Gasteiger partial charge on any atom is 0.343 e. The standard InChI is InChI=1S/C25H23IO4/c1-18-16-22(12-13-24(18)30-17-25(27)28-2)29-15-14-23(19-6-4-3-5-7-19)20-8-10-21(26)11-9-20/h3-14,16H,15,17H2,1-2H3. The summed E-state index contributed by atoms with van der Waals surface area (Å²) >= 11 is 2.31. The number of carbonyl (C=O) groups excluding carboxylic acids is 1. The zero-order chi connectivity index (χ0) is 21.3. The Balaban J connectivity index is 1.73. The molecule has 5 heteroatoms. The van der Waals surface area contributed by atoms with Crippen molar-refractivity contribution < 1.29 is 19.0 Å². The first-order valence-corrected chi connectivity index (χ1v) is 10.6. The summed E-state index contributed by atoms with van der Waals surface area (Å²) < 4.78 is 17.2. The molecular formula is C25H23IO4. The second-order valence-electron chi connectivity index (χ2n) is 6.59. The number of carbonyl (C=O) groups is 1. The Bertz CT molecular complexity index is 1010. The smallest absolute Gasteiger partial charge is 0.343 e. The zero-order valence-electron chi connectivity index (χ0n) is 16.9. The third-order valence-corrected chi connectivity index (χ3v) is 5.22. The highest BCUT2D eigenvalue weighted by atomic mass is 127. The highest BCUT2D eigenvalue weighted by Gasteiger charge is 2.07. The van der Waals surface area contributed by atoms with Crippen molar-refractivity contribution in [1.82, 2.24) is 0 Å². The summed E-state index contributed by atoms with van der Waals surface area (Å²) in [5.41, 5.74) is 4.31. The Morgan fingerprint density at radius 1 is 0.933 bits per heavy atom. The van der Waals surface area contributed by atoms with Gasteiger partial charge in [0.15, 0.2) is 6.61 Å². The third kappa shape index (κ3) is 6.10. The van der Waals surface area contributed by atoms with Crippen molar-refractivity contribution in [3.8, 4) is 11.5 Å². The molecule has 0 spiro atoms. The molecule has 0 saturated carbocycles. The molecular weight excluding hydrogens is 491 g/mol. The summed E-state index contributed by atoms with van der Waals surface area (Å²) in [6, 6.07) is 24.3. The van der Waals surface area contributed by atoms with Crippen LogP contribution in [0.3, 0.4) is 0 Å². The average molecular weight is 514 g/mol. The van der Waals surface area contributed by atoms with Gasteiger partial charge in [0, 0.05) is 3.57 Å². The van der Waals surface area contributed by atoms with E-state index >= 15 is 0 Å². The van der Waals surface area contributed by atoms with Crippen LogP contribution in [0.25, 0.3) is 5.57 Å². The van der Waals surface area contributed by atoms with E-state index in [9.17, 15) is 4.79 Å². The molecule has 154 valence electrons. The van der Waals surface area contributed by atoms with Crippen LogP contribution in [0.1, 0.15) is 16.7 Å². The minimum Gasteiger partial charge on any atom is -0.489 e. The Kier molecular flexibility index (Phi) is 7.90. The number of rotatable bonds is 8. The van der Waals surface area contributed by atoms with E-state index in [2.05, 4.69) is 69.8 Å². The van der Waals surface area contributed by atoms with Crippen LogP contribution in [-0.4, -0.2) is 26.3 Å². The maximum atomic E-state index is 11.2. The van der Waals surface area contributed by atoms with Gasteiger partial charge in [-0.2, -0.15) is 0 Å². The van der Waals surface area contributed by atoms with Crippen molar-refractivity contribution in [2.75, 3.05) is 20.3 Å². The summed E-state index contributed by atoms with van der Waals surface area (Å²) in [7, 11) is 1.34. The van der Waals surface area contributed by atoms with Gasteiger partial charge in [-0.15, -0.1) is 0 Å². The Morgan fingerprint density at radius 2 is 1.63 bits per heavy atom. The third-order valence-electron chi connectivity index (χ3n) is 4.50. The second kappa shape index (κ2) is 10.8. The summed E-state index contributed by atoms with van der Waals surface area (Å²) in [5, 5.41) is 0. The van der Waals surface area contributed by atoms with Gasteiger partial charge >= 0.3 is 5.97 Å². The molecule has 0 aliphatic carbocycles. The lowest BCUT2D eigenvalue weighted by atomic mass is 9.98. The number of methoxy groups -OCH3 is 1. The molecule has 0 radical (unpaired) electrons. The van der Waals surface area contributed by atoms with Crippen molar-refractivity contribution in [2.24, 2.45) is 0 Å². The first-order valence-electron chi connectivity index (χ1n) is 9.51. The van der Waals surface area contributed by atoms with Crippen LogP contribution in [0.2, 0.25) is 0 Å². The van der Waals surface area contributed by atoms with Gasteiger partial charge in [-0.25, -0.2) is 4.79 Å². The van der Waals surface area contributed by atoms with Gasteiger partial charge in [0.05, 0.1) is 7.11 Å². The van der Waals surface area contributed by atoms with E-state index in [1.807, 2.05) is 37.3 Å². The number of hydrogen-bond acceptors (Lipinski definition) is 4. The molecule has 0 aliphatic heterocycles. The highest BCUT2D eigenvalue weighted by molar-refractivity contribution is 14.1. The number of benzene rings is 3. The first-order chi connectivity index (χ1) is 14.6. The molecule has 0 unspecified atom stereocenters. The predicted molar refractivity (Wildman–Crippen MR) is 127 cm³/mol. The van der Waals surface area contributed by atoms with Crippen molar-refractivity contribution in [1.29, 1.82) is 0 Å². The van der Waals surface area contributed by atoms with E-state index in [0.717, 1.165) is 28.0 Å². The van der Waals surface area contributed by atoms with Crippen LogP contribution in [0.4, 0.5) is 0 Å². The fourth-order valence-electron chi connectivity index (χ4n) is 2.94. The molecule has 0 saturated heterocycles. The van der Waals surface area contributed by atoms with Gasteiger partial charge in [0.1, 0.15) is 18.1 Å². The van der Waals surface area contributed by atoms with E-state index in [1.165, 1.54) is 10.7 Å². The maximum absolute atomic E-state index is 11.2. The predicted octanol–water partition coefficient (Wildman–Crippen LogP) is 5.66. The molecule has 0 amide bonds. The van der Waals surface area contributed by atoms with Crippen molar-refractivity contribution in [2.45, 2.75) is 6.92 Å². The molecule has 3 aromatic carbocycles. The molecule has 3 rings (SSSR count). The second-order valence-corrected chi connectivity index (χ2v) is 7.84. The molecule has 0 atom stereocenters. The summed E-state index contributed by atoms with van der Waals surface area (Å²) in [6.45, 7) is 2.23. The lowest BCUT2D eigenvalue weighted by Crippen LogP contribution is -2.13. The fraction of sp³-hybridized carbons (Fsp3) is 0.160. The zero-order valence-corrected chi connectivity index (χ0v) is 19.1. The van der Waals surface area contributed by atoms with Crippen LogP contribution < -0.4 is 9.47 Å². The van der Waals surface area contributed by atoms with Gasteiger partial charge < -0.3 is 14.2 Å². The number of aryl methyl sites for hydroxylation is 1. The van der Waals surface area contributed by atoms with Crippen LogP contribution >= 0.6 is 22.6 Å². The van der Waals surface area contributed by atoms with Crippen LogP contribution in [-0.2, 0) is 9.53 Å². The monoisotopic (exact) mass is 514 g/mol. The molecule has 0 heterocycles. The Hall–Kier alpha value is -2.80. The molecule has 0 fully saturated rings. The lowest BCUT2D eigenvalue weighted by molar-refractivity contribution is -0.142. The molecule has 3 aromatic rings. The topological polar surface area (TPSA) is 44.8 Å². The van der Waals surface area contributed by atoms with E-state index < -0.39 is 5.97 Å². The molecule has 4 nitrogen and oxygen atoms in total. The van der Waals surface area contributed by atoms with Gasteiger partial charge in [0.25, 0.3) is 0 Å². The Morgan fingerprint density at radius 3 is 2.30 bits per heavy atom. The van der Waals surface area contributed by atoms with Crippen LogP contribution in [0.15, 0.2) is 78.9 Å². The van der Waals surface area contributed by atoms with E-state index in [0.29, 0.717) is 12.4 Å². The molecule has 0 N–H and O–H groups in total. The summed E-state index contributed by atoms with van der Waals surface area (Å²) in [5.74, 6) is 0.959. The molecule has 0 bridgehead atoms. The van der Waals surface area contributed by atoms with Crippen molar-refractivity contribution >= 4 is 34.1 Å². The average Bonchev–Trinajstić information content (AvgIpc) is 2.77. The normalized spacial score (nSPS) is 11.1.